The van der Waals surface area contributed by atoms with Crippen LogP contribution in [0.5, 0.6) is 11.5 Å². The van der Waals surface area contributed by atoms with E-state index in [1.54, 1.807) is 36.4 Å². The fourth-order valence-corrected chi connectivity index (χ4v) is 4.15. The lowest BCUT2D eigenvalue weighted by Gasteiger charge is -2.12. The van der Waals surface area contributed by atoms with Crippen molar-refractivity contribution in [3.05, 3.63) is 105 Å². The molecular weight excluding hydrogens is 456 g/mol. The first kappa shape index (κ1) is 23.1. The third-order valence-corrected chi connectivity index (χ3v) is 5.82. The number of thioether (sulfide) groups is 1. The molecule has 0 bridgehead atoms. The van der Waals surface area contributed by atoms with E-state index >= 15 is 0 Å². The molecule has 1 saturated heterocycles. The summed E-state index contributed by atoms with van der Waals surface area (Å²) in [6.07, 6.45) is 1.61. The third kappa shape index (κ3) is 5.62. The van der Waals surface area contributed by atoms with Crippen molar-refractivity contribution in [1.29, 1.82) is 0 Å². The maximum Gasteiger partial charge on any atom is 0.293 e. The van der Waals surface area contributed by atoms with Gasteiger partial charge in [-0.25, -0.2) is 0 Å². The highest BCUT2D eigenvalue weighted by Crippen LogP contribution is 2.34. The van der Waals surface area contributed by atoms with E-state index in [4.69, 9.17) is 9.47 Å². The number of imide groups is 1. The standard InChI is InChI=1S/C25H20N2O6S/c28-24-23(34-25(29)26(24)17-19-8-4-5-12-22(19)27(30)31)16-18-7-6-11-21(15-18)33-14-13-32-20-9-2-1-3-10-20/h1-12,15-16H,13-14,17H2/b23-16-. The second-order valence-electron chi connectivity index (χ2n) is 7.24. The molecule has 34 heavy (non-hydrogen) atoms. The molecule has 0 unspecified atom stereocenters. The van der Waals surface area contributed by atoms with Crippen LogP contribution >= 0.6 is 11.8 Å². The SMILES string of the molecule is O=C1S/C(=C\c2cccc(OCCOc3ccccc3)c2)C(=O)N1Cc1ccccc1[N+](=O)[O-]. The second kappa shape index (κ2) is 10.7. The Hall–Kier alpha value is -4.11. The number of nitro groups is 1. The van der Waals surface area contributed by atoms with Gasteiger partial charge in [0.05, 0.1) is 16.4 Å². The molecule has 1 fully saturated rings. The highest BCUT2D eigenvalue weighted by molar-refractivity contribution is 8.18. The Morgan fingerprint density at radius 3 is 2.32 bits per heavy atom. The van der Waals surface area contributed by atoms with Crippen molar-refractivity contribution in [3.8, 4) is 11.5 Å². The molecule has 3 aromatic rings. The van der Waals surface area contributed by atoms with E-state index in [1.165, 1.54) is 18.2 Å². The van der Waals surface area contributed by atoms with Crippen molar-refractivity contribution in [1.82, 2.24) is 4.90 Å². The number of benzene rings is 3. The molecule has 3 aromatic carbocycles. The van der Waals surface area contributed by atoms with Crippen LogP contribution < -0.4 is 9.47 Å². The molecule has 0 aliphatic carbocycles. The van der Waals surface area contributed by atoms with Gasteiger partial charge in [-0.3, -0.25) is 24.6 Å². The van der Waals surface area contributed by atoms with Gasteiger partial charge < -0.3 is 9.47 Å². The average Bonchev–Trinajstić information content (AvgIpc) is 3.10. The lowest BCUT2D eigenvalue weighted by Crippen LogP contribution is -2.27. The molecule has 1 heterocycles. The van der Waals surface area contributed by atoms with Crippen molar-refractivity contribution >= 4 is 34.7 Å². The number of nitrogens with zero attached hydrogens (tertiary/aromatic N) is 2. The monoisotopic (exact) mass is 476 g/mol. The van der Waals surface area contributed by atoms with Gasteiger partial charge in [-0.1, -0.05) is 48.5 Å². The van der Waals surface area contributed by atoms with Crippen LogP contribution in [0.3, 0.4) is 0 Å². The van der Waals surface area contributed by atoms with Crippen molar-refractivity contribution in [3.63, 3.8) is 0 Å². The summed E-state index contributed by atoms with van der Waals surface area (Å²) in [5.74, 6) is 0.872. The molecule has 0 spiro atoms. The highest BCUT2D eigenvalue weighted by atomic mass is 32.2. The summed E-state index contributed by atoms with van der Waals surface area (Å²) in [5, 5.41) is 10.8. The van der Waals surface area contributed by atoms with Gasteiger partial charge in [0.15, 0.2) is 0 Å². The topological polar surface area (TPSA) is 99.0 Å². The van der Waals surface area contributed by atoms with Crippen LogP contribution in [0, 0.1) is 10.1 Å². The molecule has 0 saturated carbocycles. The average molecular weight is 477 g/mol. The van der Waals surface area contributed by atoms with E-state index in [0.717, 1.165) is 22.4 Å². The summed E-state index contributed by atoms with van der Waals surface area (Å²) in [6, 6.07) is 22.6. The summed E-state index contributed by atoms with van der Waals surface area (Å²) < 4.78 is 11.3. The second-order valence-corrected chi connectivity index (χ2v) is 8.23. The zero-order chi connectivity index (χ0) is 23.9. The Bertz CT molecular complexity index is 1240. The first-order valence-corrected chi connectivity index (χ1v) is 11.2. The Kier molecular flexibility index (Phi) is 7.24. The number of ether oxygens (including phenoxy) is 2. The van der Waals surface area contributed by atoms with Gasteiger partial charge in [0, 0.05) is 11.6 Å². The Morgan fingerprint density at radius 1 is 0.882 bits per heavy atom. The van der Waals surface area contributed by atoms with Gasteiger partial charge in [0.25, 0.3) is 16.8 Å². The number of para-hydroxylation sites is 2. The number of hydrogen-bond acceptors (Lipinski definition) is 7. The summed E-state index contributed by atoms with van der Waals surface area (Å²) in [5.41, 5.74) is 0.855. The summed E-state index contributed by atoms with van der Waals surface area (Å²) in [7, 11) is 0. The normalized spacial score (nSPS) is 14.5. The maximum absolute atomic E-state index is 12.8. The minimum atomic E-state index is -0.527. The number of rotatable bonds is 9. The molecule has 4 rings (SSSR count). The van der Waals surface area contributed by atoms with Gasteiger partial charge >= 0.3 is 0 Å². The van der Waals surface area contributed by atoms with Gasteiger partial charge in [0.1, 0.15) is 24.7 Å². The molecule has 9 heteroatoms. The quantitative estimate of drug-likeness (QED) is 0.179. The van der Waals surface area contributed by atoms with Crippen molar-refractivity contribution in [2.75, 3.05) is 13.2 Å². The fourth-order valence-electron chi connectivity index (χ4n) is 3.31. The van der Waals surface area contributed by atoms with E-state index in [0.29, 0.717) is 30.1 Å². The summed E-state index contributed by atoms with van der Waals surface area (Å²) >= 11 is 0.803. The van der Waals surface area contributed by atoms with Crippen LogP contribution in [0.4, 0.5) is 10.5 Å². The van der Waals surface area contributed by atoms with Gasteiger partial charge in [-0.15, -0.1) is 0 Å². The molecule has 0 radical (unpaired) electrons. The van der Waals surface area contributed by atoms with Crippen molar-refractivity contribution < 1.29 is 24.0 Å². The Morgan fingerprint density at radius 2 is 1.56 bits per heavy atom. The lowest BCUT2D eigenvalue weighted by molar-refractivity contribution is -0.385. The number of carbonyl (C=O) groups excluding carboxylic acids is 2. The van der Waals surface area contributed by atoms with Crippen LogP contribution in [0.2, 0.25) is 0 Å². The predicted octanol–water partition coefficient (Wildman–Crippen LogP) is 5.29. The zero-order valence-corrected chi connectivity index (χ0v) is 18.8. The molecule has 172 valence electrons. The third-order valence-electron chi connectivity index (χ3n) is 4.91. The van der Waals surface area contributed by atoms with Crippen LogP contribution in [0.15, 0.2) is 83.8 Å². The minimum absolute atomic E-state index is 0.133. The number of hydrogen-bond donors (Lipinski definition) is 0. The van der Waals surface area contributed by atoms with Gasteiger partial charge in [-0.2, -0.15) is 0 Å². The summed E-state index contributed by atoms with van der Waals surface area (Å²) in [6.45, 7) is 0.549. The molecule has 0 atom stereocenters. The first-order valence-electron chi connectivity index (χ1n) is 10.4. The largest absolute Gasteiger partial charge is 0.490 e. The Labute approximate surface area is 199 Å². The van der Waals surface area contributed by atoms with E-state index in [1.807, 2.05) is 30.3 Å². The number of nitro benzene ring substituents is 1. The predicted molar refractivity (Wildman–Crippen MR) is 128 cm³/mol. The van der Waals surface area contributed by atoms with E-state index in [-0.39, 0.29) is 17.1 Å². The van der Waals surface area contributed by atoms with Gasteiger partial charge in [-0.05, 0) is 47.7 Å². The van der Waals surface area contributed by atoms with Crippen LogP contribution in [-0.4, -0.2) is 34.2 Å². The molecule has 8 nitrogen and oxygen atoms in total. The van der Waals surface area contributed by atoms with E-state index < -0.39 is 16.1 Å². The van der Waals surface area contributed by atoms with Crippen LogP contribution in [0.1, 0.15) is 11.1 Å². The molecule has 0 N–H and O–H groups in total. The zero-order valence-electron chi connectivity index (χ0n) is 18.0. The molecule has 2 amide bonds. The van der Waals surface area contributed by atoms with Crippen molar-refractivity contribution in [2.24, 2.45) is 0 Å². The minimum Gasteiger partial charge on any atom is -0.490 e. The highest BCUT2D eigenvalue weighted by Gasteiger charge is 2.36. The first-order chi connectivity index (χ1) is 16.5. The number of carbonyl (C=O) groups is 2. The van der Waals surface area contributed by atoms with Crippen molar-refractivity contribution in [2.45, 2.75) is 6.54 Å². The van der Waals surface area contributed by atoms with Crippen LogP contribution in [0.25, 0.3) is 6.08 Å². The molecule has 1 aliphatic heterocycles. The fraction of sp³-hybridized carbons (Fsp3) is 0.120. The van der Waals surface area contributed by atoms with E-state index in [2.05, 4.69) is 0 Å². The summed E-state index contributed by atoms with van der Waals surface area (Å²) in [4.78, 5) is 37.3. The lowest BCUT2D eigenvalue weighted by atomic mass is 10.1. The molecule has 1 aliphatic rings. The van der Waals surface area contributed by atoms with E-state index in [9.17, 15) is 19.7 Å². The molecular formula is C25H20N2O6S. The number of amides is 2. The van der Waals surface area contributed by atoms with Gasteiger partial charge in [0.2, 0.25) is 0 Å². The molecule has 0 aromatic heterocycles. The van der Waals surface area contributed by atoms with Crippen LogP contribution in [-0.2, 0) is 11.3 Å². The smallest absolute Gasteiger partial charge is 0.293 e. The maximum atomic E-state index is 12.8. The Balaban J connectivity index is 1.40.